The fraction of sp³-hybridized carbons (Fsp3) is 0.765. The molecule has 1 N–H and O–H groups in total. The predicted molar refractivity (Wildman–Crippen MR) is 85.6 cm³/mol. The van der Waals surface area contributed by atoms with E-state index in [1.165, 1.54) is 0 Å². The molecule has 2 rings (SSSR count). The maximum absolute atomic E-state index is 12.4. The number of carboxylic acid groups (broad SMARTS) is 1. The van der Waals surface area contributed by atoms with Gasteiger partial charge in [-0.15, -0.1) is 12.3 Å². The first-order valence-electron chi connectivity index (χ1n) is 8.19. The van der Waals surface area contributed by atoms with Crippen molar-refractivity contribution in [3.05, 3.63) is 0 Å². The zero-order valence-electron chi connectivity index (χ0n) is 13.9. The fourth-order valence-electron chi connectivity index (χ4n) is 3.10. The lowest BCUT2D eigenvalue weighted by atomic mass is 9.74. The normalized spacial score (nSPS) is 22.5. The summed E-state index contributed by atoms with van der Waals surface area (Å²) >= 11 is 0. The topological polar surface area (TPSA) is 82.3 Å². The molecule has 0 saturated carbocycles. The molecule has 0 aromatic rings. The molecule has 1 unspecified atom stereocenters. The molecule has 23 heavy (non-hydrogen) atoms. The number of carbonyl (C=O) groups excluding carboxylic acids is 1. The van der Waals surface area contributed by atoms with Gasteiger partial charge in [0.2, 0.25) is 5.91 Å². The van der Waals surface area contributed by atoms with Crippen molar-refractivity contribution >= 4 is 11.9 Å². The lowest BCUT2D eigenvalue weighted by Crippen LogP contribution is -2.47. The Bertz CT molecular complexity index is 542. The Hall–Kier alpha value is -1.90. The van der Waals surface area contributed by atoms with Gasteiger partial charge in [0.15, 0.2) is 5.66 Å². The third kappa shape index (κ3) is 4.10. The van der Waals surface area contributed by atoms with Gasteiger partial charge in [0, 0.05) is 38.8 Å². The minimum Gasteiger partial charge on any atom is -0.481 e. The van der Waals surface area contributed by atoms with Crippen molar-refractivity contribution < 1.29 is 14.7 Å². The van der Waals surface area contributed by atoms with Crippen LogP contribution in [-0.4, -0.2) is 40.6 Å². The van der Waals surface area contributed by atoms with Crippen molar-refractivity contribution in [2.24, 2.45) is 21.6 Å². The van der Waals surface area contributed by atoms with Crippen LogP contribution in [0.15, 0.2) is 10.2 Å². The Morgan fingerprint density at radius 2 is 2.09 bits per heavy atom. The largest absolute Gasteiger partial charge is 0.481 e. The van der Waals surface area contributed by atoms with Crippen LogP contribution in [0.1, 0.15) is 52.4 Å². The molecule has 0 radical (unpaired) electrons. The van der Waals surface area contributed by atoms with Gasteiger partial charge in [0.1, 0.15) is 0 Å². The average molecular weight is 319 g/mol. The van der Waals surface area contributed by atoms with Crippen molar-refractivity contribution in [2.75, 3.05) is 13.1 Å². The molecule has 2 aliphatic rings. The van der Waals surface area contributed by atoms with E-state index >= 15 is 0 Å². The zero-order valence-corrected chi connectivity index (χ0v) is 13.9. The van der Waals surface area contributed by atoms with Crippen LogP contribution < -0.4 is 0 Å². The van der Waals surface area contributed by atoms with Crippen LogP contribution in [0.25, 0.3) is 0 Å². The van der Waals surface area contributed by atoms with E-state index in [1.807, 2.05) is 0 Å². The van der Waals surface area contributed by atoms with Gasteiger partial charge in [0.25, 0.3) is 0 Å². The Labute approximate surface area is 137 Å². The highest BCUT2D eigenvalue weighted by Crippen LogP contribution is 2.38. The van der Waals surface area contributed by atoms with Gasteiger partial charge in [-0.3, -0.25) is 9.59 Å². The van der Waals surface area contributed by atoms with Gasteiger partial charge >= 0.3 is 5.97 Å². The van der Waals surface area contributed by atoms with Crippen molar-refractivity contribution in [2.45, 2.75) is 58.0 Å². The summed E-state index contributed by atoms with van der Waals surface area (Å²) in [5.41, 5.74) is -1.24. The number of nitrogens with zero attached hydrogens (tertiary/aromatic N) is 3. The van der Waals surface area contributed by atoms with Gasteiger partial charge in [-0.05, 0) is 32.6 Å². The van der Waals surface area contributed by atoms with E-state index in [2.05, 4.69) is 16.1 Å². The Balaban J connectivity index is 1.85. The number of hydrogen-bond donors (Lipinski definition) is 1. The van der Waals surface area contributed by atoms with Gasteiger partial charge < -0.3 is 10.0 Å². The summed E-state index contributed by atoms with van der Waals surface area (Å²) in [6.45, 7) is 4.70. The number of terminal acetylenes is 1. The summed E-state index contributed by atoms with van der Waals surface area (Å²) in [5, 5.41) is 17.5. The molecule has 1 atom stereocenters. The van der Waals surface area contributed by atoms with Crippen LogP contribution in [0.3, 0.4) is 0 Å². The van der Waals surface area contributed by atoms with Crippen molar-refractivity contribution in [1.29, 1.82) is 0 Å². The van der Waals surface area contributed by atoms with E-state index in [1.54, 1.807) is 18.7 Å². The first-order chi connectivity index (χ1) is 10.8. The molecule has 0 aromatic carbocycles. The summed E-state index contributed by atoms with van der Waals surface area (Å²) in [4.78, 5) is 25.7. The van der Waals surface area contributed by atoms with Gasteiger partial charge in [-0.2, -0.15) is 10.2 Å². The smallest absolute Gasteiger partial charge is 0.309 e. The second kappa shape index (κ2) is 6.69. The van der Waals surface area contributed by atoms with Crippen molar-refractivity contribution in [3.63, 3.8) is 0 Å². The molecular weight excluding hydrogens is 294 g/mol. The molecule has 0 aromatic heterocycles. The van der Waals surface area contributed by atoms with E-state index < -0.39 is 17.0 Å². The standard InChI is InChI=1S/C17H25N3O3/c1-4-5-9-17(18-19-17)10-8-14(21)20-11-6-7-13(12-20)16(2,3)15(22)23/h1,13H,5-12H2,2-3H3,(H,22,23). The lowest BCUT2D eigenvalue weighted by molar-refractivity contribution is -0.153. The minimum absolute atomic E-state index is 0.0107. The number of aliphatic carboxylic acids is 1. The number of piperidine rings is 1. The van der Waals surface area contributed by atoms with Crippen LogP contribution in [0, 0.1) is 23.7 Å². The molecule has 2 aliphatic heterocycles. The Morgan fingerprint density at radius 1 is 1.39 bits per heavy atom. The predicted octanol–water partition coefficient (Wildman–Crippen LogP) is 2.69. The van der Waals surface area contributed by atoms with Crippen LogP contribution >= 0.6 is 0 Å². The maximum Gasteiger partial charge on any atom is 0.309 e. The highest BCUT2D eigenvalue weighted by atomic mass is 16.4. The molecule has 0 spiro atoms. The number of carboxylic acids is 1. The van der Waals surface area contributed by atoms with E-state index in [-0.39, 0.29) is 11.8 Å². The van der Waals surface area contributed by atoms with Crippen LogP contribution in [-0.2, 0) is 9.59 Å². The summed E-state index contributed by atoms with van der Waals surface area (Å²) in [6, 6.07) is 0. The monoisotopic (exact) mass is 319 g/mol. The molecule has 6 heteroatoms. The van der Waals surface area contributed by atoms with Crippen LogP contribution in [0.2, 0.25) is 0 Å². The van der Waals surface area contributed by atoms with Gasteiger partial charge in [-0.1, -0.05) is 0 Å². The summed E-state index contributed by atoms with van der Waals surface area (Å²) < 4.78 is 0. The highest BCUT2D eigenvalue weighted by Gasteiger charge is 2.42. The van der Waals surface area contributed by atoms with Gasteiger partial charge in [-0.25, -0.2) is 0 Å². The lowest BCUT2D eigenvalue weighted by Gasteiger charge is -2.39. The molecule has 1 saturated heterocycles. The number of rotatable bonds is 7. The van der Waals surface area contributed by atoms with E-state index in [9.17, 15) is 14.7 Å². The number of amides is 1. The molecule has 1 amide bonds. The van der Waals surface area contributed by atoms with Crippen molar-refractivity contribution in [3.8, 4) is 12.3 Å². The average Bonchev–Trinajstić information content (AvgIpc) is 3.31. The third-order valence-corrected chi connectivity index (χ3v) is 5.14. The SMILES string of the molecule is C#CCCC1(CCC(=O)N2CCCC(C(C)(C)C(=O)O)C2)N=N1. The molecule has 6 nitrogen and oxygen atoms in total. The Morgan fingerprint density at radius 3 is 2.65 bits per heavy atom. The number of hydrogen-bond acceptors (Lipinski definition) is 4. The molecular formula is C17H25N3O3. The second-order valence-corrected chi connectivity index (χ2v) is 7.09. The number of carbonyl (C=O) groups is 2. The first-order valence-corrected chi connectivity index (χ1v) is 8.19. The third-order valence-electron chi connectivity index (χ3n) is 5.14. The number of likely N-dealkylation sites (tertiary alicyclic amines) is 1. The quantitative estimate of drug-likeness (QED) is 0.732. The van der Waals surface area contributed by atoms with Crippen LogP contribution in [0.5, 0.6) is 0 Å². The van der Waals surface area contributed by atoms with Crippen LogP contribution in [0.4, 0.5) is 0 Å². The maximum atomic E-state index is 12.4. The second-order valence-electron chi connectivity index (χ2n) is 7.09. The van der Waals surface area contributed by atoms with E-state index in [0.29, 0.717) is 38.8 Å². The molecule has 126 valence electrons. The fourth-order valence-corrected chi connectivity index (χ4v) is 3.10. The van der Waals surface area contributed by atoms with Gasteiger partial charge in [0.05, 0.1) is 5.41 Å². The Kier molecular flexibility index (Phi) is 5.08. The van der Waals surface area contributed by atoms with E-state index in [4.69, 9.17) is 6.42 Å². The summed E-state index contributed by atoms with van der Waals surface area (Å²) in [6.07, 6.45) is 9.25. The molecule has 0 aliphatic carbocycles. The van der Waals surface area contributed by atoms with Crippen molar-refractivity contribution in [1.82, 2.24) is 4.90 Å². The molecule has 2 heterocycles. The van der Waals surface area contributed by atoms with E-state index in [0.717, 1.165) is 12.8 Å². The molecule has 0 bridgehead atoms. The summed E-state index contributed by atoms with van der Waals surface area (Å²) in [7, 11) is 0. The minimum atomic E-state index is -0.811. The zero-order chi connectivity index (χ0) is 17.1. The summed E-state index contributed by atoms with van der Waals surface area (Å²) in [5.74, 6) is 1.82. The molecule has 1 fully saturated rings. The highest BCUT2D eigenvalue weighted by molar-refractivity contribution is 5.77. The first kappa shape index (κ1) is 17.5.